The lowest BCUT2D eigenvalue weighted by atomic mass is 10.2. The molecule has 27 heavy (non-hydrogen) atoms. The summed E-state index contributed by atoms with van der Waals surface area (Å²) in [7, 11) is 0. The number of anilines is 1. The van der Waals surface area contributed by atoms with Gasteiger partial charge in [-0.1, -0.05) is 19.4 Å². The van der Waals surface area contributed by atoms with E-state index in [1.165, 1.54) is 4.88 Å². The van der Waals surface area contributed by atoms with E-state index in [9.17, 15) is 4.79 Å². The highest BCUT2D eigenvalue weighted by molar-refractivity contribution is 9.10. The minimum Gasteiger partial charge on any atom is -0.443 e. The molecule has 3 heterocycles. The second-order valence-corrected chi connectivity index (χ2v) is 10.1. The fourth-order valence-corrected chi connectivity index (χ4v) is 5.40. The number of hydrogen-bond donors (Lipinski definition) is 0. The third-order valence-electron chi connectivity index (χ3n) is 3.74. The van der Waals surface area contributed by atoms with Gasteiger partial charge in [0, 0.05) is 9.75 Å². The van der Waals surface area contributed by atoms with Crippen LogP contribution in [0.25, 0.3) is 10.2 Å². The van der Waals surface area contributed by atoms with Gasteiger partial charge in [-0.25, -0.2) is 4.79 Å². The smallest absolute Gasteiger partial charge is 0.415 e. The van der Waals surface area contributed by atoms with Crippen LogP contribution in [0.3, 0.4) is 0 Å². The fourth-order valence-electron chi connectivity index (χ4n) is 2.61. The number of rotatable bonds is 5. The first kappa shape index (κ1) is 20.2. The molecule has 8 heteroatoms. The number of fused-ring (bicyclic) bond motifs is 1. The van der Waals surface area contributed by atoms with E-state index in [-0.39, 0.29) is 6.09 Å². The van der Waals surface area contributed by atoms with Crippen molar-refractivity contribution in [3.8, 4) is 0 Å². The quantitative estimate of drug-likeness (QED) is 0.434. The lowest BCUT2D eigenvalue weighted by Gasteiger charge is -2.27. The van der Waals surface area contributed by atoms with Gasteiger partial charge in [-0.15, -0.1) is 27.8 Å². The Morgan fingerprint density at radius 1 is 1.37 bits per heavy atom. The number of carbonyl (C=O) groups excluding carboxylic acids is 1. The summed E-state index contributed by atoms with van der Waals surface area (Å²) < 4.78 is 7.59. The first-order valence-electron chi connectivity index (χ1n) is 8.75. The molecule has 0 radical (unpaired) electrons. The van der Waals surface area contributed by atoms with Crippen LogP contribution in [-0.4, -0.2) is 21.9 Å². The largest absolute Gasteiger partial charge is 0.443 e. The molecule has 5 nitrogen and oxygen atoms in total. The van der Waals surface area contributed by atoms with E-state index >= 15 is 0 Å². The summed E-state index contributed by atoms with van der Waals surface area (Å²) in [6.07, 6.45) is 3.27. The Labute approximate surface area is 175 Å². The van der Waals surface area contributed by atoms with Gasteiger partial charge in [0.1, 0.15) is 11.1 Å². The van der Waals surface area contributed by atoms with Crippen LogP contribution in [0.2, 0.25) is 0 Å². The van der Waals surface area contributed by atoms with Gasteiger partial charge in [0.05, 0.1) is 27.6 Å². The molecular formula is C19H22BrN3O2S2. The number of hydrogen-bond acceptors (Lipinski definition) is 6. The van der Waals surface area contributed by atoms with Crippen molar-refractivity contribution in [2.24, 2.45) is 0 Å². The minimum absolute atomic E-state index is 0.383. The van der Waals surface area contributed by atoms with E-state index in [0.29, 0.717) is 6.54 Å². The number of aromatic nitrogens is 2. The van der Waals surface area contributed by atoms with Crippen LogP contribution in [-0.2, 0) is 17.7 Å². The zero-order valence-corrected chi connectivity index (χ0v) is 19.0. The van der Waals surface area contributed by atoms with Crippen molar-refractivity contribution in [1.82, 2.24) is 10.2 Å². The summed E-state index contributed by atoms with van der Waals surface area (Å²) in [5, 5.41) is 10.5. The Hall–Kier alpha value is -1.51. The average molecular weight is 468 g/mol. The summed E-state index contributed by atoms with van der Waals surface area (Å²) in [6.45, 7) is 8.19. The van der Waals surface area contributed by atoms with Gasteiger partial charge in [-0.3, -0.25) is 4.90 Å². The maximum atomic E-state index is 13.0. The molecule has 0 fully saturated rings. The monoisotopic (exact) mass is 467 g/mol. The molecule has 0 aliphatic heterocycles. The van der Waals surface area contributed by atoms with Gasteiger partial charge in [0.15, 0.2) is 0 Å². The Morgan fingerprint density at radius 2 is 2.15 bits per heavy atom. The van der Waals surface area contributed by atoms with Gasteiger partial charge in [-0.05, 0) is 54.6 Å². The van der Waals surface area contributed by atoms with Crippen molar-refractivity contribution in [1.29, 1.82) is 0 Å². The number of carbonyl (C=O) groups is 1. The van der Waals surface area contributed by atoms with Crippen LogP contribution < -0.4 is 4.90 Å². The van der Waals surface area contributed by atoms with Gasteiger partial charge in [0.25, 0.3) is 0 Å². The SMILES string of the molecule is CCCc1sc2c(N(Cc3cccs3)C(=O)OC(C)(C)C)cnnc2c1Br. The lowest BCUT2D eigenvalue weighted by molar-refractivity contribution is 0.0578. The van der Waals surface area contributed by atoms with E-state index in [1.807, 2.05) is 38.3 Å². The number of amides is 1. The molecule has 0 aromatic carbocycles. The van der Waals surface area contributed by atoms with E-state index in [4.69, 9.17) is 4.74 Å². The first-order valence-corrected chi connectivity index (χ1v) is 11.2. The summed E-state index contributed by atoms with van der Waals surface area (Å²) in [5.74, 6) is 0. The molecule has 0 aliphatic carbocycles. The standard InChI is InChI=1S/C19H22BrN3O2S2/c1-5-7-14-15(20)16-17(27-14)13(10-21-22-16)23(11-12-8-6-9-26-12)18(24)25-19(2,3)4/h6,8-10H,5,7,11H2,1-4H3. The van der Waals surface area contributed by atoms with Crippen LogP contribution in [0.4, 0.5) is 10.5 Å². The molecule has 0 saturated carbocycles. The maximum absolute atomic E-state index is 13.0. The van der Waals surface area contributed by atoms with E-state index in [0.717, 1.165) is 38.1 Å². The second-order valence-electron chi connectivity index (χ2n) is 7.14. The number of halogens is 1. The number of thiophene rings is 2. The molecule has 3 aromatic heterocycles. The molecular weight excluding hydrogens is 446 g/mol. The molecule has 0 atom stereocenters. The van der Waals surface area contributed by atoms with E-state index in [2.05, 4.69) is 33.1 Å². The summed E-state index contributed by atoms with van der Waals surface area (Å²) in [6, 6.07) is 4.00. The number of nitrogens with zero attached hydrogens (tertiary/aromatic N) is 3. The van der Waals surface area contributed by atoms with Crippen molar-refractivity contribution < 1.29 is 9.53 Å². The number of aryl methyl sites for hydroxylation is 1. The molecule has 0 N–H and O–H groups in total. The molecule has 0 saturated heterocycles. The van der Waals surface area contributed by atoms with Gasteiger partial charge >= 0.3 is 6.09 Å². The van der Waals surface area contributed by atoms with Gasteiger partial charge in [-0.2, -0.15) is 5.10 Å². The molecule has 0 bridgehead atoms. The van der Waals surface area contributed by atoms with Crippen molar-refractivity contribution >= 4 is 60.6 Å². The van der Waals surface area contributed by atoms with Crippen molar-refractivity contribution in [2.45, 2.75) is 52.7 Å². The molecule has 0 aliphatic rings. The summed E-state index contributed by atoms with van der Waals surface area (Å²) in [4.78, 5) is 17.0. The highest BCUT2D eigenvalue weighted by Gasteiger charge is 2.27. The molecule has 0 unspecified atom stereocenters. The lowest BCUT2D eigenvalue weighted by Crippen LogP contribution is -2.36. The minimum atomic E-state index is -0.576. The molecule has 3 rings (SSSR count). The topological polar surface area (TPSA) is 55.3 Å². The summed E-state index contributed by atoms with van der Waals surface area (Å²) in [5.41, 5.74) is 0.949. The Balaban J connectivity index is 2.08. The van der Waals surface area contributed by atoms with E-state index in [1.54, 1.807) is 33.8 Å². The number of ether oxygens (including phenoxy) is 1. The second kappa shape index (κ2) is 8.24. The molecule has 0 spiro atoms. The Kier molecular flexibility index (Phi) is 6.18. The van der Waals surface area contributed by atoms with Crippen LogP contribution in [0.15, 0.2) is 28.2 Å². The predicted molar refractivity (Wildman–Crippen MR) is 116 cm³/mol. The van der Waals surface area contributed by atoms with Crippen molar-refractivity contribution in [3.63, 3.8) is 0 Å². The third-order valence-corrected chi connectivity index (χ3v) is 6.98. The molecule has 144 valence electrons. The zero-order chi connectivity index (χ0) is 19.6. The Bertz CT molecular complexity index is 932. The predicted octanol–water partition coefficient (Wildman–Crippen LogP) is 6.41. The molecule has 3 aromatic rings. The maximum Gasteiger partial charge on any atom is 0.415 e. The Morgan fingerprint density at radius 3 is 2.78 bits per heavy atom. The fraction of sp³-hybridized carbons (Fsp3) is 0.421. The summed E-state index contributed by atoms with van der Waals surface area (Å²) >= 11 is 6.93. The van der Waals surface area contributed by atoms with Crippen LogP contribution in [0.5, 0.6) is 0 Å². The van der Waals surface area contributed by atoms with Crippen LogP contribution >= 0.6 is 38.6 Å². The van der Waals surface area contributed by atoms with Crippen LogP contribution in [0.1, 0.15) is 43.9 Å². The molecule has 1 amide bonds. The van der Waals surface area contributed by atoms with Crippen molar-refractivity contribution in [3.05, 3.63) is 37.9 Å². The zero-order valence-electron chi connectivity index (χ0n) is 15.8. The highest BCUT2D eigenvalue weighted by atomic mass is 79.9. The highest BCUT2D eigenvalue weighted by Crippen LogP contribution is 2.40. The van der Waals surface area contributed by atoms with Gasteiger partial charge < -0.3 is 4.74 Å². The third kappa shape index (κ3) is 4.67. The van der Waals surface area contributed by atoms with E-state index < -0.39 is 5.60 Å². The first-order chi connectivity index (χ1) is 12.8. The van der Waals surface area contributed by atoms with Crippen LogP contribution in [0, 0.1) is 0 Å². The normalized spacial score (nSPS) is 11.7. The average Bonchev–Trinajstić information content (AvgIpc) is 3.20. The van der Waals surface area contributed by atoms with Gasteiger partial charge in [0.2, 0.25) is 0 Å². The van der Waals surface area contributed by atoms with Crippen molar-refractivity contribution in [2.75, 3.05) is 4.90 Å².